The molecule has 0 fully saturated rings. The van der Waals surface area contributed by atoms with Crippen molar-refractivity contribution < 1.29 is 0 Å². The third kappa shape index (κ3) is 3.86. The Morgan fingerprint density at radius 3 is 3.14 bits per heavy atom. The molecule has 0 amide bonds. The summed E-state index contributed by atoms with van der Waals surface area (Å²) in [4.78, 5) is 13.4. The van der Waals surface area contributed by atoms with Crippen LogP contribution in [0.25, 0.3) is 0 Å². The predicted molar refractivity (Wildman–Crippen MR) is 92.4 cm³/mol. The Kier molecular flexibility index (Phi) is 5.09. The van der Waals surface area contributed by atoms with Gasteiger partial charge in [-0.15, -0.1) is 0 Å². The third-order valence-corrected chi connectivity index (χ3v) is 5.16. The van der Waals surface area contributed by atoms with Gasteiger partial charge in [0.25, 0.3) is 0 Å². The quantitative estimate of drug-likeness (QED) is 0.457. The van der Waals surface area contributed by atoms with Crippen molar-refractivity contribution >= 4 is 35.2 Å². The molecule has 3 N–H and O–H groups in total. The molecule has 8 heteroatoms. The summed E-state index contributed by atoms with van der Waals surface area (Å²) in [6.45, 7) is 3.87. The van der Waals surface area contributed by atoms with Crippen LogP contribution in [0.3, 0.4) is 0 Å². The zero-order valence-corrected chi connectivity index (χ0v) is 14.2. The molecule has 2 aromatic heterocycles. The topological polar surface area (TPSA) is 81.6 Å². The zero-order chi connectivity index (χ0) is 15.4. The van der Waals surface area contributed by atoms with Crippen LogP contribution < -0.4 is 11.1 Å². The molecule has 0 atom stereocenters. The largest absolute Gasteiger partial charge is 0.383 e. The highest BCUT2D eigenvalue weighted by Crippen LogP contribution is 2.25. The van der Waals surface area contributed by atoms with Crippen LogP contribution >= 0.6 is 23.5 Å². The SMILES string of the molecule is CCCCSc1nc(N)cc(NCc2cn3c(n2)SCC3)n1. The van der Waals surface area contributed by atoms with Crippen molar-refractivity contribution in [2.45, 2.75) is 43.2 Å². The summed E-state index contributed by atoms with van der Waals surface area (Å²) in [6.07, 6.45) is 4.43. The molecule has 0 unspecified atom stereocenters. The second kappa shape index (κ2) is 7.23. The highest BCUT2D eigenvalue weighted by Gasteiger charge is 2.14. The van der Waals surface area contributed by atoms with Gasteiger partial charge >= 0.3 is 0 Å². The number of nitrogens with one attached hydrogen (secondary N) is 1. The fraction of sp³-hybridized carbons (Fsp3) is 0.500. The molecule has 0 saturated heterocycles. The maximum Gasteiger partial charge on any atom is 0.191 e. The molecule has 0 bridgehead atoms. The van der Waals surface area contributed by atoms with E-state index < -0.39 is 0 Å². The van der Waals surface area contributed by atoms with Gasteiger partial charge in [-0.3, -0.25) is 0 Å². The van der Waals surface area contributed by atoms with Crippen LogP contribution in [-0.4, -0.2) is 31.0 Å². The Bertz CT molecular complexity index is 621. The van der Waals surface area contributed by atoms with Gasteiger partial charge in [0, 0.05) is 30.3 Å². The lowest BCUT2D eigenvalue weighted by Crippen LogP contribution is -2.05. The number of nitrogens with two attached hydrogens (primary N) is 1. The molecular formula is C14H20N6S2. The Balaban J connectivity index is 1.61. The maximum absolute atomic E-state index is 5.86. The highest BCUT2D eigenvalue weighted by molar-refractivity contribution is 7.99. The summed E-state index contributed by atoms with van der Waals surface area (Å²) >= 11 is 3.45. The fourth-order valence-electron chi connectivity index (χ4n) is 2.13. The van der Waals surface area contributed by atoms with E-state index in [0.29, 0.717) is 12.4 Å². The minimum absolute atomic E-state index is 0.499. The van der Waals surface area contributed by atoms with Crippen molar-refractivity contribution in [3.8, 4) is 0 Å². The van der Waals surface area contributed by atoms with Crippen LogP contribution in [0, 0.1) is 0 Å². The van der Waals surface area contributed by atoms with Crippen LogP contribution in [0.4, 0.5) is 11.6 Å². The molecule has 0 radical (unpaired) electrons. The van der Waals surface area contributed by atoms with Gasteiger partial charge in [-0.05, 0) is 6.42 Å². The van der Waals surface area contributed by atoms with E-state index in [4.69, 9.17) is 5.73 Å². The highest BCUT2D eigenvalue weighted by atomic mass is 32.2. The van der Waals surface area contributed by atoms with E-state index in [1.54, 1.807) is 29.6 Å². The standard InChI is InChI=1S/C14H20N6S2/c1-2-3-5-21-13-18-11(15)7-12(19-13)16-8-10-9-20-4-6-22-14(20)17-10/h7,9H,2-6,8H2,1H3,(H3,15,16,18,19). The molecule has 22 heavy (non-hydrogen) atoms. The molecule has 3 heterocycles. The number of nitrogens with zero attached hydrogens (tertiary/aromatic N) is 4. The molecule has 0 aliphatic carbocycles. The number of fused-ring (bicyclic) bond motifs is 1. The molecule has 1 aliphatic rings. The number of anilines is 2. The third-order valence-electron chi connectivity index (χ3n) is 3.26. The average Bonchev–Trinajstić information content (AvgIpc) is 3.06. The van der Waals surface area contributed by atoms with E-state index in [2.05, 4.69) is 38.0 Å². The predicted octanol–water partition coefficient (Wildman–Crippen LogP) is 2.87. The van der Waals surface area contributed by atoms with Gasteiger partial charge < -0.3 is 15.6 Å². The average molecular weight is 336 g/mol. The lowest BCUT2D eigenvalue weighted by atomic mass is 10.4. The fourth-order valence-corrected chi connectivity index (χ4v) is 4.04. The first-order valence-corrected chi connectivity index (χ1v) is 9.42. The number of nitrogen functional groups attached to an aromatic ring is 1. The Morgan fingerprint density at radius 2 is 2.32 bits per heavy atom. The van der Waals surface area contributed by atoms with Crippen LogP contribution in [0.2, 0.25) is 0 Å². The molecular weight excluding hydrogens is 316 g/mol. The lowest BCUT2D eigenvalue weighted by molar-refractivity contribution is 0.719. The molecule has 0 spiro atoms. The summed E-state index contributed by atoms with van der Waals surface area (Å²) in [6, 6.07) is 1.77. The molecule has 118 valence electrons. The first kappa shape index (κ1) is 15.5. The van der Waals surface area contributed by atoms with Crippen molar-refractivity contribution in [1.29, 1.82) is 0 Å². The Morgan fingerprint density at radius 1 is 1.41 bits per heavy atom. The van der Waals surface area contributed by atoms with Crippen LogP contribution in [0.1, 0.15) is 25.5 Å². The van der Waals surface area contributed by atoms with E-state index in [9.17, 15) is 0 Å². The van der Waals surface area contributed by atoms with Gasteiger partial charge in [0.2, 0.25) is 0 Å². The van der Waals surface area contributed by atoms with E-state index in [1.807, 2.05) is 0 Å². The minimum Gasteiger partial charge on any atom is -0.383 e. The van der Waals surface area contributed by atoms with Gasteiger partial charge in [-0.2, -0.15) is 0 Å². The van der Waals surface area contributed by atoms with E-state index in [1.165, 1.54) is 6.42 Å². The maximum atomic E-state index is 5.86. The number of imidazole rings is 1. The molecule has 2 aromatic rings. The van der Waals surface area contributed by atoms with Crippen molar-refractivity contribution in [2.75, 3.05) is 22.6 Å². The van der Waals surface area contributed by atoms with E-state index in [-0.39, 0.29) is 0 Å². The van der Waals surface area contributed by atoms with Crippen molar-refractivity contribution in [1.82, 2.24) is 19.5 Å². The van der Waals surface area contributed by atoms with Crippen molar-refractivity contribution in [2.24, 2.45) is 0 Å². The number of aromatic nitrogens is 4. The normalized spacial score (nSPS) is 13.3. The smallest absolute Gasteiger partial charge is 0.191 e. The van der Waals surface area contributed by atoms with Crippen molar-refractivity contribution in [3.63, 3.8) is 0 Å². The molecule has 0 saturated carbocycles. The van der Waals surface area contributed by atoms with Gasteiger partial charge in [-0.1, -0.05) is 36.9 Å². The summed E-state index contributed by atoms with van der Waals surface area (Å²) in [5.74, 6) is 3.40. The summed E-state index contributed by atoms with van der Waals surface area (Å²) in [5.41, 5.74) is 6.89. The summed E-state index contributed by atoms with van der Waals surface area (Å²) < 4.78 is 2.20. The van der Waals surface area contributed by atoms with E-state index in [0.717, 1.165) is 46.3 Å². The Hall–Kier alpha value is -1.41. The second-order valence-electron chi connectivity index (χ2n) is 5.07. The molecule has 0 aromatic carbocycles. The molecule has 1 aliphatic heterocycles. The number of aryl methyl sites for hydroxylation is 1. The first-order chi connectivity index (χ1) is 10.7. The van der Waals surface area contributed by atoms with Crippen LogP contribution in [0.15, 0.2) is 22.6 Å². The van der Waals surface area contributed by atoms with Gasteiger partial charge in [0.15, 0.2) is 10.3 Å². The zero-order valence-electron chi connectivity index (χ0n) is 12.6. The first-order valence-electron chi connectivity index (χ1n) is 7.44. The number of hydrogen-bond donors (Lipinski definition) is 2. The number of thioether (sulfide) groups is 2. The van der Waals surface area contributed by atoms with Gasteiger partial charge in [-0.25, -0.2) is 15.0 Å². The Labute approximate surface area is 138 Å². The number of rotatable bonds is 7. The number of hydrogen-bond acceptors (Lipinski definition) is 7. The molecule has 6 nitrogen and oxygen atoms in total. The van der Waals surface area contributed by atoms with Crippen LogP contribution in [-0.2, 0) is 13.1 Å². The second-order valence-corrected chi connectivity index (χ2v) is 7.20. The minimum atomic E-state index is 0.499. The van der Waals surface area contributed by atoms with Crippen LogP contribution in [0.5, 0.6) is 0 Å². The monoisotopic (exact) mass is 336 g/mol. The van der Waals surface area contributed by atoms with Crippen molar-refractivity contribution in [3.05, 3.63) is 18.0 Å². The summed E-state index contributed by atoms with van der Waals surface area (Å²) in [5, 5.41) is 5.13. The van der Waals surface area contributed by atoms with E-state index >= 15 is 0 Å². The van der Waals surface area contributed by atoms with Gasteiger partial charge in [0.1, 0.15) is 11.6 Å². The number of unbranched alkanes of at least 4 members (excludes halogenated alkanes) is 1. The van der Waals surface area contributed by atoms with Gasteiger partial charge in [0.05, 0.1) is 12.2 Å². The lowest BCUT2D eigenvalue weighted by Gasteiger charge is -2.07. The molecule has 3 rings (SSSR count). The summed E-state index contributed by atoms with van der Waals surface area (Å²) in [7, 11) is 0.